The number of carbonyl (C=O) groups excluding carboxylic acids is 2. The fourth-order valence-electron chi connectivity index (χ4n) is 5.40. The smallest absolute Gasteiger partial charge is 0.303 e. The first-order chi connectivity index (χ1) is 21.1. The number of fused-ring (bicyclic) bond motifs is 1. The van der Waals surface area contributed by atoms with Crippen molar-refractivity contribution in [3.63, 3.8) is 0 Å². The standard InChI is InChI=1S/C31H29F2N5O5S/c32-20-12-22-23(16-38(31(22)42)26(30(35)41)4-6-29(39)40)27(13-20)43-17-19-2-5-28(36-15-19)44-21-7-9-37(10-8-21)25-3-1-18(14-34)11-24(25)33/h1-3,5,11-13,15,21,26H,4,6-10,16-17H2,(H2,35,41)(H,39,40). The molecule has 2 aliphatic heterocycles. The van der Waals surface area contributed by atoms with Crippen LogP contribution >= 0.6 is 11.8 Å². The summed E-state index contributed by atoms with van der Waals surface area (Å²) in [4.78, 5) is 43.7. The molecule has 228 valence electrons. The number of primary amides is 1. The number of halogens is 2. The lowest BCUT2D eigenvalue weighted by Crippen LogP contribution is -2.45. The minimum absolute atomic E-state index is 0.0411. The van der Waals surface area contributed by atoms with Crippen LogP contribution in [0.1, 0.15) is 52.7 Å². The van der Waals surface area contributed by atoms with E-state index in [1.54, 1.807) is 30.1 Å². The molecular formula is C31H29F2N5O5S. The number of nitrogens with two attached hydrogens (primary N) is 1. The molecule has 0 bridgehead atoms. The van der Waals surface area contributed by atoms with Gasteiger partial charge in [-0.3, -0.25) is 14.4 Å². The number of carbonyl (C=O) groups is 3. The fraction of sp³-hybridized carbons (Fsp3) is 0.323. The van der Waals surface area contributed by atoms with Gasteiger partial charge in [-0.1, -0.05) is 6.07 Å². The lowest BCUT2D eigenvalue weighted by atomic mass is 10.1. The number of amides is 2. The predicted octanol–water partition coefficient (Wildman–Crippen LogP) is 4.25. The Hall–Kier alpha value is -4.70. The predicted molar refractivity (Wildman–Crippen MR) is 157 cm³/mol. The third kappa shape index (κ3) is 6.92. The van der Waals surface area contributed by atoms with Crippen LogP contribution in [-0.2, 0) is 22.7 Å². The van der Waals surface area contributed by atoms with Crippen molar-refractivity contribution >= 4 is 35.2 Å². The number of piperidine rings is 1. The van der Waals surface area contributed by atoms with Crippen LogP contribution in [0, 0.1) is 23.0 Å². The van der Waals surface area contributed by atoms with E-state index in [1.165, 1.54) is 12.1 Å². The Kier molecular flexibility index (Phi) is 9.29. The van der Waals surface area contributed by atoms with Crippen molar-refractivity contribution in [1.82, 2.24) is 9.88 Å². The van der Waals surface area contributed by atoms with E-state index < -0.39 is 35.5 Å². The van der Waals surface area contributed by atoms with E-state index in [1.807, 2.05) is 23.1 Å². The second kappa shape index (κ2) is 13.3. The van der Waals surface area contributed by atoms with Crippen LogP contribution in [0.4, 0.5) is 14.5 Å². The van der Waals surface area contributed by atoms with Crippen LogP contribution in [0.5, 0.6) is 5.75 Å². The summed E-state index contributed by atoms with van der Waals surface area (Å²) in [6, 6.07) is 11.3. The monoisotopic (exact) mass is 621 g/mol. The van der Waals surface area contributed by atoms with Gasteiger partial charge in [0.1, 0.15) is 30.0 Å². The van der Waals surface area contributed by atoms with Crippen LogP contribution in [0.25, 0.3) is 0 Å². The Balaban J connectivity index is 1.17. The van der Waals surface area contributed by atoms with Crippen molar-refractivity contribution in [2.45, 2.75) is 55.2 Å². The maximum absolute atomic E-state index is 14.4. The number of hydrogen-bond donors (Lipinski definition) is 2. The van der Waals surface area contributed by atoms with Crippen LogP contribution < -0.4 is 15.4 Å². The number of pyridine rings is 1. The Morgan fingerprint density at radius 3 is 2.59 bits per heavy atom. The molecule has 2 aliphatic rings. The molecule has 5 rings (SSSR count). The van der Waals surface area contributed by atoms with Gasteiger partial charge >= 0.3 is 5.97 Å². The maximum Gasteiger partial charge on any atom is 0.303 e. The highest BCUT2D eigenvalue weighted by Gasteiger charge is 2.38. The highest BCUT2D eigenvalue weighted by Crippen LogP contribution is 2.35. The molecule has 1 fully saturated rings. The van der Waals surface area contributed by atoms with Gasteiger partial charge in [0.15, 0.2) is 0 Å². The first-order valence-electron chi connectivity index (χ1n) is 14.0. The van der Waals surface area contributed by atoms with Gasteiger partial charge in [-0.05, 0) is 49.6 Å². The molecule has 1 unspecified atom stereocenters. The minimum atomic E-state index is -1.15. The van der Waals surface area contributed by atoms with E-state index in [9.17, 15) is 23.2 Å². The zero-order valence-corrected chi connectivity index (χ0v) is 24.4. The Labute approximate surface area is 256 Å². The van der Waals surface area contributed by atoms with Crippen molar-refractivity contribution in [1.29, 1.82) is 5.26 Å². The van der Waals surface area contributed by atoms with Crippen molar-refractivity contribution in [2.75, 3.05) is 18.0 Å². The fourth-order valence-corrected chi connectivity index (χ4v) is 6.45. The summed E-state index contributed by atoms with van der Waals surface area (Å²) in [6.45, 7) is 1.35. The van der Waals surface area contributed by atoms with E-state index in [4.69, 9.17) is 20.8 Å². The number of aromatic nitrogens is 1. The van der Waals surface area contributed by atoms with Crippen molar-refractivity contribution < 1.29 is 33.0 Å². The molecule has 10 nitrogen and oxygen atoms in total. The van der Waals surface area contributed by atoms with Crippen LogP contribution in [-0.4, -0.2) is 57.2 Å². The molecule has 3 aromatic rings. The van der Waals surface area contributed by atoms with E-state index >= 15 is 0 Å². The molecule has 0 spiro atoms. The number of thioether (sulfide) groups is 1. The molecule has 44 heavy (non-hydrogen) atoms. The summed E-state index contributed by atoms with van der Waals surface area (Å²) in [6.07, 6.45) is 2.82. The second-order valence-corrected chi connectivity index (χ2v) is 11.9. The number of benzene rings is 2. The van der Waals surface area contributed by atoms with Gasteiger partial charge < -0.3 is 25.4 Å². The Morgan fingerprint density at radius 2 is 1.95 bits per heavy atom. The van der Waals surface area contributed by atoms with Crippen LogP contribution in [0.15, 0.2) is 53.7 Å². The number of nitriles is 1. The number of nitrogens with zero attached hydrogens (tertiary/aromatic N) is 4. The van der Waals surface area contributed by atoms with Gasteiger partial charge in [0.2, 0.25) is 5.91 Å². The number of hydrogen-bond acceptors (Lipinski definition) is 8. The number of rotatable bonds is 11. The molecule has 1 aromatic heterocycles. The van der Waals surface area contributed by atoms with Crippen LogP contribution in [0.2, 0.25) is 0 Å². The number of aliphatic carboxylic acids is 1. The van der Waals surface area contributed by atoms with Gasteiger partial charge in [-0.25, -0.2) is 13.8 Å². The average molecular weight is 622 g/mol. The summed E-state index contributed by atoms with van der Waals surface area (Å²) in [5.41, 5.74) is 7.40. The van der Waals surface area contributed by atoms with Gasteiger partial charge in [-0.2, -0.15) is 5.26 Å². The molecule has 1 atom stereocenters. The van der Waals surface area contributed by atoms with Gasteiger partial charge in [-0.15, -0.1) is 11.8 Å². The summed E-state index contributed by atoms with van der Waals surface area (Å²) in [5.74, 6) is -3.53. The normalized spacial score (nSPS) is 15.5. The topological polar surface area (TPSA) is 150 Å². The Bertz CT molecular complexity index is 1620. The SMILES string of the molecule is N#Cc1ccc(N2CCC(Sc3ccc(COc4cc(F)cc5c4CN(C(CCC(=O)O)C(N)=O)C5=O)cn3)CC2)c(F)c1. The number of carboxylic acids is 1. The molecule has 3 N–H and O–H groups in total. The first kappa shape index (κ1) is 30.7. The minimum Gasteiger partial charge on any atom is -0.488 e. The summed E-state index contributed by atoms with van der Waals surface area (Å²) in [7, 11) is 0. The molecule has 0 radical (unpaired) electrons. The molecule has 13 heteroatoms. The molecule has 0 saturated carbocycles. The number of ether oxygens (including phenoxy) is 1. The van der Waals surface area contributed by atoms with Crippen molar-refractivity contribution in [2.24, 2.45) is 5.73 Å². The highest BCUT2D eigenvalue weighted by molar-refractivity contribution is 7.99. The largest absolute Gasteiger partial charge is 0.488 e. The van der Waals surface area contributed by atoms with Crippen molar-refractivity contribution in [3.05, 3.63) is 82.5 Å². The van der Waals surface area contributed by atoms with Gasteiger partial charge in [0.05, 0.1) is 34.5 Å². The number of carboxylic acid groups (broad SMARTS) is 1. The molecular weight excluding hydrogens is 592 g/mol. The van der Waals surface area contributed by atoms with E-state index in [-0.39, 0.29) is 37.3 Å². The summed E-state index contributed by atoms with van der Waals surface area (Å²) >= 11 is 1.64. The van der Waals surface area contributed by atoms with E-state index in [0.717, 1.165) is 34.4 Å². The second-order valence-electron chi connectivity index (χ2n) is 10.6. The molecule has 3 heterocycles. The third-order valence-corrected chi connectivity index (χ3v) is 8.96. The highest BCUT2D eigenvalue weighted by atomic mass is 32.2. The first-order valence-corrected chi connectivity index (χ1v) is 14.8. The Morgan fingerprint density at radius 1 is 1.18 bits per heavy atom. The van der Waals surface area contributed by atoms with Crippen LogP contribution in [0.3, 0.4) is 0 Å². The quantitative estimate of drug-likeness (QED) is 0.320. The lowest BCUT2D eigenvalue weighted by molar-refractivity contribution is -0.137. The molecule has 1 saturated heterocycles. The van der Waals surface area contributed by atoms with E-state index in [2.05, 4.69) is 4.98 Å². The molecule has 0 aliphatic carbocycles. The maximum atomic E-state index is 14.4. The summed E-state index contributed by atoms with van der Waals surface area (Å²) < 4.78 is 34.7. The lowest BCUT2D eigenvalue weighted by Gasteiger charge is -2.33. The van der Waals surface area contributed by atoms with Gasteiger partial charge in [0, 0.05) is 48.2 Å². The average Bonchev–Trinajstić information content (AvgIpc) is 3.32. The third-order valence-electron chi connectivity index (χ3n) is 7.67. The van der Waals surface area contributed by atoms with Gasteiger partial charge in [0.25, 0.3) is 5.91 Å². The zero-order valence-electron chi connectivity index (χ0n) is 23.5. The molecule has 2 aromatic carbocycles. The van der Waals surface area contributed by atoms with Crippen molar-refractivity contribution in [3.8, 4) is 11.8 Å². The summed E-state index contributed by atoms with van der Waals surface area (Å²) in [5, 5.41) is 19.1. The molecule has 2 amide bonds. The van der Waals surface area contributed by atoms with E-state index in [0.29, 0.717) is 35.2 Å². The zero-order chi connectivity index (χ0) is 31.4. The number of anilines is 1.